The molecule has 110 valence electrons. The van der Waals surface area contributed by atoms with Crippen molar-refractivity contribution in [1.29, 1.82) is 0 Å². The number of carboxylic acids is 1. The van der Waals surface area contributed by atoms with Crippen LogP contribution in [0, 0.1) is 0 Å². The maximum absolute atomic E-state index is 11.2. The van der Waals surface area contributed by atoms with E-state index in [9.17, 15) is 9.90 Å². The molecule has 0 amide bonds. The third kappa shape index (κ3) is 3.68. The Balaban J connectivity index is 2.27. The highest BCUT2D eigenvalue weighted by Gasteiger charge is 2.21. The van der Waals surface area contributed by atoms with Gasteiger partial charge in [-0.2, -0.15) is 0 Å². The van der Waals surface area contributed by atoms with E-state index in [1.54, 1.807) is 0 Å². The summed E-state index contributed by atoms with van der Waals surface area (Å²) >= 11 is 0. The first kappa shape index (κ1) is 14.7. The summed E-state index contributed by atoms with van der Waals surface area (Å²) in [6.07, 6.45) is 1.18. The van der Waals surface area contributed by atoms with Gasteiger partial charge in [0.25, 0.3) is 0 Å². The fourth-order valence-corrected chi connectivity index (χ4v) is 1.88. The van der Waals surface area contributed by atoms with Crippen LogP contribution in [-0.2, 0) is 9.47 Å². The highest BCUT2D eigenvalue weighted by Crippen LogP contribution is 2.24. The van der Waals surface area contributed by atoms with Gasteiger partial charge in [0.1, 0.15) is 5.82 Å². The number of rotatable bonds is 5. The minimum Gasteiger partial charge on any atom is -0.478 e. The van der Waals surface area contributed by atoms with Crippen molar-refractivity contribution in [3.05, 3.63) is 23.4 Å². The molecule has 2 heterocycles. The highest BCUT2D eigenvalue weighted by atomic mass is 16.7. The van der Waals surface area contributed by atoms with E-state index in [0.717, 1.165) is 12.8 Å². The molecular weight excluding hydrogens is 260 g/mol. The van der Waals surface area contributed by atoms with Crippen LogP contribution >= 0.6 is 0 Å². The number of aromatic nitrogens is 1. The minimum atomic E-state index is -0.989. The van der Waals surface area contributed by atoms with E-state index >= 15 is 0 Å². The molecule has 2 rings (SSSR count). The van der Waals surface area contributed by atoms with Crippen molar-refractivity contribution in [2.45, 2.75) is 39.0 Å². The van der Waals surface area contributed by atoms with Crippen LogP contribution in [0.4, 0.5) is 5.82 Å². The molecule has 1 aliphatic rings. The lowest BCUT2D eigenvalue weighted by atomic mass is 10.2. The number of hydrogen-bond donors (Lipinski definition) is 2. The fraction of sp³-hybridized carbons (Fsp3) is 0.571. The normalized spacial score (nSPS) is 17.7. The van der Waals surface area contributed by atoms with E-state index in [1.807, 2.05) is 13.8 Å². The molecule has 0 saturated carbocycles. The van der Waals surface area contributed by atoms with Crippen molar-refractivity contribution in [1.82, 2.24) is 4.98 Å². The summed E-state index contributed by atoms with van der Waals surface area (Å²) in [7, 11) is 0. The molecule has 0 bridgehead atoms. The molecule has 1 saturated heterocycles. The van der Waals surface area contributed by atoms with Gasteiger partial charge in [-0.05, 0) is 31.9 Å². The molecule has 0 spiro atoms. The summed E-state index contributed by atoms with van der Waals surface area (Å²) in [5, 5.41) is 12.4. The van der Waals surface area contributed by atoms with E-state index < -0.39 is 12.3 Å². The Morgan fingerprint density at radius 1 is 1.50 bits per heavy atom. The Bertz CT molecular complexity index is 472. The third-order valence-electron chi connectivity index (χ3n) is 3.17. The van der Waals surface area contributed by atoms with Crippen molar-refractivity contribution in [2.24, 2.45) is 0 Å². The van der Waals surface area contributed by atoms with Crippen LogP contribution < -0.4 is 5.32 Å². The quantitative estimate of drug-likeness (QED) is 0.862. The largest absolute Gasteiger partial charge is 0.478 e. The van der Waals surface area contributed by atoms with Crippen LogP contribution in [0.25, 0.3) is 0 Å². The Morgan fingerprint density at radius 3 is 2.80 bits per heavy atom. The average molecular weight is 280 g/mol. The smallest absolute Gasteiger partial charge is 0.335 e. The molecule has 1 aromatic rings. The van der Waals surface area contributed by atoms with Gasteiger partial charge in [-0.1, -0.05) is 6.92 Å². The van der Waals surface area contributed by atoms with Gasteiger partial charge < -0.3 is 19.9 Å². The summed E-state index contributed by atoms with van der Waals surface area (Å²) < 4.78 is 11.0. The molecule has 0 aromatic carbocycles. The zero-order valence-corrected chi connectivity index (χ0v) is 11.8. The summed E-state index contributed by atoms with van der Waals surface area (Å²) in [6.45, 7) is 5.25. The predicted molar refractivity (Wildman–Crippen MR) is 73.8 cm³/mol. The second-order valence-electron chi connectivity index (χ2n) is 4.85. The van der Waals surface area contributed by atoms with E-state index in [-0.39, 0.29) is 11.6 Å². The van der Waals surface area contributed by atoms with Crippen molar-refractivity contribution in [3.63, 3.8) is 0 Å². The third-order valence-corrected chi connectivity index (χ3v) is 3.17. The molecule has 1 atom stereocenters. The number of hydrogen-bond acceptors (Lipinski definition) is 5. The van der Waals surface area contributed by atoms with E-state index in [4.69, 9.17) is 9.47 Å². The maximum atomic E-state index is 11.2. The van der Waals surface area contributed by atoms with Crippen LogP contribution in [0.15, 0.2) is 12.1 Å². The zero-order valence-electron chi connectivity index (χ0n) is 11.8. The number of carbonyl (C=O) groups is 1. The number of nitrogens with one attached hydrogen (secondary N) is 1. The van der Waals surface area contributed by atoms with E-state index in [2.05, 4.69) is 10.3 Å². The first-order valence-electron chi connectivity index (χ1n) is 6.85. The lowest BCUT2D eigenvalue weighted by molar-refractivity contribution is -0.185. The summed E-state index contributed by atoms with van der Waals surface area (Å²) in [5.74, 6) is -0.455. The summed E-state index contributed by atoms with van der Waals surface area (Å²) in [5.41, 5.74) is 0.675. The molecule has 1 fully saturated rings. The molecule has 1 aliphatic heterocycles. The maximum Gasteiger partial charge on any atom is 0.335 e. The minimum absolute atomic E-state index is 0.179. The number of anilines is 1. The Hall–Kier alpha value is -1.66. The molecule has 0 radical (unpaired) electrons. The molecule has 0 unspecified atom stereocenters. The average Bonchev–Trinajstić information content (AvgIpc) is 2.47. The number of nitrogens with zero attached hydrogens (tertiary/aromatic N) is 1. The van der Waals surface area contributed by atoms with Gasteiger partial charge >= 0.3 is 5.97 Å². The van der Waals surface area contributed by atoms with Crippen LogP contribution in [0.1, 0.15) is 49.0 Å². The molecule has 20 heavy (non-hydrogen) atoms. The van der Waals surface area contributed by atoms with Gasteiger partial charge in [0.2, 0.25) is 6.29 Å². The topological polar surface area (TPSA) is 80.7 Å². The highest BCUT2D eigenvalue weighted by molar-refractivity contribution is 5.88. The Kier molecular flexibility index (Phi) is 4.92. The SMILES string of the molecule is CC[C@H](C)Nc1cc(C(=O)O)cc(C2OCCCO2)n1. The summed E-state index contributed by atoms with van der Waals surface area (Å²) in [6, 6.07) is 3.24. The van der Waals surface area contributed by atoms with Gasteiger partial charge in [0.05, 0.1) is 24.5 Å². The number of pyridine rings is 1. The lowest BCUT2D eigenvalue weighted by Gasteiger charge is -2.23. The van der Waals surface area contributed by atoms with Crippen LogP contribution in [0.2, 0.25) is 0 Å². The van der Waals surface area contributed by atoms with Gasteiger partial charge in [0.15, 0.2) is 0 Å². The standard InChI is InChI=1S/C14H20N2O4/c1-3-9(2)15-12-8-10(13(17)18)7-11(16-12)14-19-5-4-6-20-14/h7-9,14H,3-6H2,1-2H3,(H,15,16)(H,17,18)/t9-/m0/s1. The first-order chi connectivity index (χ1) is 9.60. The van der Waals surface area contributed by atoms with Crippen LogP contribution in [-0.4, -0.2) is 35.3 Å². The Morgan fingerprint density at radius 2 is 2.20 bits per heavy atom. The number of ether oxygens (including phenoxy) is 2. The molecule has 6 nitrogen and oxygen atoms in total. The Labute approximate surface area is 118 Å². The van der Waals surface area contributed by atoms with Crippen molar-refractivity contribution in [2.75, 3.05) is 18.5 Å². The molecule has 0 aliphatic carbocycles. The second kappa shape index (κ2) is 6.67. The summed E-state index contributed by atoms with van der Waals surface area (Å²) in [4.78, 5) is 15.6. The molecule has 6 heteroatoms. The van der Waals surface area contributed by atoms with Gasteiger partial charge in [0, 0.05) is 6.04 Å². The van der Waals surface area contributed by atoms with Crippen molar-refractivity contribution in [3.8, 4) is 0 Å². The van der Waals surface area contributed by atoms with Crippen molar-refractivity contribution >= 4 is 11.8 Å². The first-order valence-corrected chi connectivity index (χ1v) is 6.85. The van der Waals surface area contributed by atoms with Gasteiger partial charge in [-0.25, -0.2) is 9.78 Å². The molecule has 2 N–H and O–H groups in total. The zero-order chi connectivity index (χ0) is 14.5. The molecular formula is C14H20N2O4. The number of carboxylic acid groups (broad SMARTS) is 1. The van der Waals surface area contributed by atoms with E-state index in [1.165, 1.54) is 12.1 Å². The monoisotopic (exact) mass is 280 g/mol. The predicted octanol–water partition coefficient (Wildman–Crippen LogP) is 2.43. The second-order valence-corrected chi connectivity index (χ2v) is 4.85. The lowest BCUT2D eigenvalue weighted by Crippen LogP contribution is -2.21. The van der Waals surface area contributed by atoms with Gasteiger partial charge in [-0.15, -0.1) is 0 Å². The number of aromatic carboxylic acids is 1. The van der Waals surface area contributed by atoms with E-state index in [0.29, 0.717) is 24.7 Å². The fourth-order valence-electron chi connectivity index (χ4n) is 1.88. The van der Waals surface area contributed by atoms with Gasteiger partial charge in [-0.3, -0.25) is 0 Å². The van der Waals surface area contributed by atoms with Crippen molar-refractivity contribution < 1.29 is 19.4 Å². The van der Waals surface area contributed by atoms with Crippen LogP contribution in [0.3, 0.4) is 0 Å². The van der Waals surface area contributed by atoms with Crippen LogP contribution in [0.5, 0.6) is 0 Å². The molecule has 1 aromatic heterocycles.